The smallest absolute Gasteiger partial charge is 0.336 e. The number of carbonyl (C=O) groups is 2. The van der Waals surface area contributed by atoms with Crippen LogP contribution in [0.2, 0.25) is 5.02 Å². The number of nitrogens with one attached hydrogen (secondary N) is 2. The summed E-state index contributed by atoms with van der Waals surface area (Å²) in [5.74, 6) is -0.424. The molecule has 5 rings (SSSR count). The molecule has 2 aromatic heterocycles. The van der Waals surface area contributed by atoms with Crippen molar-refractivity contribution in [2.75, 3.05) is 23.9 Å². The molecule has 3 N–H and O–H groups in total. The first-order chi connectivity index (χ1) is 18.9. The highest BCUT2D eigenvalue weighted by Crippen LogP contribution is 2.44. The zero-order valence-electron chi connectivity index (χ0n) is 20.6. The molecule has 4 aromatic rings. The number of benzene rings is 2. The van der Waals surface area contributed by atoms with Crippen LogP contribution in [-0.4, -0.2) is 40.8 Å². The van der Waals surface area contributed by atoms with Gasteiger partial charge in [0.15, 0.2) is 5.11 Å². The number of amides is 1. The largest absolute Gasteiger partial charge is 0.478 e. The molecule has 0 aliphatic carbocycles. The molecule has 1 fully saturated rings. The Morgan fingerprint density at radius 2 is 1.95 bits per heavy atom. The lowest BCUT2D eigenvalue weighted by atomic mass is 10.0. The van der Waals surface area contributed by atoms with Crippen molar-refractivity contribution in [1.82, 2.24) is 10.3 Å². The molecule has 1 aliphatic rings. The van der Waals surface area contributed by atoms with Crippen LogP contribution >= 0.6 is 23.8 Å². The number of aromatic carboxylic acids is 1. The summed E-state index contributed by atoms with van der Waals surface area (Å²) in [6.45, 7) is -0.0993. The maximum absolute atomic E-state index is 12.0. The molecule has 0 unspecified atom stereocenters. The zero-order chi connectivity index (χ0) is 27.5. The quantitative estimate of drug-likeness (QED) is 0.241. The van der Waals surface area contributed by atoms with E-state index >= 15 is 0 Å². The molecule has 2 atom stereocenters. The van der Waals surface area contributed by atoms with Crippen LogP contribution in [0.4, 0.5) is 11.4 Å². The van der Waals surface area contributed by atoms with E-state index in [9.17, 15) is 14.7 Å². The number of rotatable bonds is 8. The second-order valence-corrected chi connectivity index (χ2v) is 9.49. The second kappa shape index (κ2) is 11.2. The Bertz CT molecular complexity index is 1540. The van der Waals surface area contributed by atoms with Crippen molar-refractivity contribution in [1.29, 1.82) is 0 Å². The van der Waals surface area contributed by atoms with Gasteiger partial charge >= 0.3 is 5.97 Å². The lowest BCUT2D eigenvalue weighted by molar-refractivity contribution is -0.119. The van der Waals surface area contributed by atoms with Crippen LogP contribution in [-0.2, 0) is 9.53 Å². The lowest BCUT2D eigenvalue weighted by Gasteiger charge is -2.26. The van der Waals surface area contributed by atoms with Crippen molar-refractivity contribution in [3.8, 4) is 11.3 Å². The van der Waals surface area contributed by atoms with Gasteiger partial charge in [0.1, 0.15) is 24.2 Å². The summed E-state index contributed by atoms with van der Waals surface area (Å²) in [6, 6.07) is 20.1. The third kappa shape index (κ3) is 5.35. The summed E-state index contributed by atoms with van der Waals surface area (Å²) >= 11 is 12.3. The van der Waals surface area contributed by atoms with Crippen LogP contribution < -0.4 is 15.5 Å². The van der Waals surface area contributed by atoms with Crippen LogP contribution in [0.15, 0.2) is 83.4 Å². The topological polar surface area (TPSA) is 117 Å². The van der Waals surface area contributed by atoms with Gasteiger partial charge in [-0.25, -0.2) is 4.79 Å². The summed E-state index contributed by atoms with van der Waals surface area (Å²) in [5.41, 5.74) is 2.43. The molecule has 0 spiro atoms. The van der Waals surface area contributed by atoms with E-state index in [-0.39, 0.29) is 24.1 Å². The minimum Gasteiger partial charge on any atom is -0.478 e. The molecule has 1 saturated heterocycles. The van der Waals surface area contributed by atoms with Gasteiger partial charge < -0.3 is 29.8 Å². The predicted molar refractivity (Wildman–Crippen MR) is 151 cm³/mol. The van der Waals surface area contributed by atoms with Gasteiger partial charge in [0.25, 0.3) is 0 Å². The number of aromatic nitrogens is 1. The molecule has 9 nitrogen and oxygen atoms in total. The van der Waals surface area contributed by atoms with E-state index in [1.165, 1.54) is 13.2 Å². The standard InChI is InChI=1S/C28H23ClN4O5S/c1-37-15-24(34)31-20-10-9-16(14-19(20)29)33-26(25(32-28(33)39)21-8-4-5-13-30-21)23-12-11-22(38-23)17-6-2-3-7-18(17)27(35)36/h2-14,25-26H,15H2,1H3,(H,31,34)(H,32,39)(H,35,36)/t25-,26+/m1/s1. The number of carbonyl (C=O) groups excluding carboxylic acids is 1. The molecule has 1 amide bonds. The highest BCUT2D eigenvalue weighted by molar-refractivity contribution is 7.80. The van der Waals surface area contributed by atoms with Crippen LogP contribution in [0.1, 0.15) is 33.9 Å². The SMILES string of the molecule is COCC(=O)Nc1ccc(N2C(=S)N[C@H](c3ccccn3)[C@@H]2c2ccc(-c3ccccc3C(=O)O)o2)cc1Cl. The van der Waals surface area contributed by atoms with Gasteiger partial charge in [-0.1, -0.05) is 35.9 Å². The lowest BCUT2D eigenvalue weighted by Crippen LogP contribution is -2.29. The fourth-order valence-electron chi connectivity index (χ4n) is 4.54. The average Bonchev–Trinajstić information content (AvgIpc) is 3.55. The molecule has 39 heavy (non-hydrogen) atoms. The van der Waals surface area contributed by atoms with E-state index in [0.717, 1.165) is 5.69 Å². The number of carboxylic acid groups (broad SMARTS) is 1. The molecule has 11 heteroatoms. The maximum atomic E-state index is 12.0. The van der Waals surface area contributed by atoms with Gasteiger partial charge in [-0.2, -0.15) is 0 Å². The van der Waals surface area contributed by atoms with Crippen LogP contribution in [0.3, 0.4) is 0 Å². The van der Waals surface area contributed by atoms with E-state index in [4.69, 9.17) is 33.0 Å². The summed E-state index contributed by atoms with van der Waals surface area (Å²) in [6.07, 6.45) is 1.70. The van der Waals surface area contributed by atoms with Crippen LogP contribution in [0.5, 0.6) is 0 Å². The Labute approximate surface area is 234 Å². The number of carboxylic acids is 1. The summed E-state index contributed by atoms with van der Waals surface area (Å²) < 4.78 is 11.2. The summed E-state index contributed by atoms with van der Waals surface area (Å²) in [5, 5.41) is 16.5. The normalized spacial score (nSPS) is 16.7. The van der Waals surface area contributed by atoms with E-state index < -0.39 is 12.0 Å². The van der Waals surface area contributed by atoms with E-state index in [1.54, 1.807) is 54.7 Å². The van der Waals surface area contributed by atoms with Gasteiger partial charge in [-0.15, -0.1) is 0 Å². The number of nitrogens with zero attached hydrogens (tertiary/aromatic N) is 2. The number of anilines is 2. The monoisotopic (exact) mass is 562 g/mol. The molecule has 2 aromatic carbocycles. The van der Waals surface area contributed by atoms with Gasteiger partial charge in [-0.3, -0.25) is 9.78 Å². The van der Waals surface area contributed by atoms with Gasteiger partial charge in [0, 0.05) is 24.6 Å². The van der Waals surface area contributed by atoms with Crippen LogP contribution in [0.25, 0.3) is 11.3 Å². The fourth-order valence-corrected chi connectivity index (χ4v) is 5.10. The van der Waals surface area contributed by atoms with Gasteiger partial charge in [-0.05, 0) is 60.7 Å². The highest BCUT2D eigenvalue weighted by Gasteiger charge is 2.42. The van der Waals surface area contributed by atoms with Crippen molar-refractivity contribution in [2.24, 2.45) is 0 Å². The number of pyridine rings is 1. The molecule has 3 heterocycles. The van der Waals surface area contributed by atoms with Crippen molar-refractivity contribution >= 4 is 52.2 Å². The Hall–Kier alpha value is -4.25. The van der Waals surface area contributed by atoms with E-state index in [1.807, 2.05) is 23.1 Å². The molecule has 0 bridgehead atoms. The van der Waals surface area contributed by atoms with Crippen molar-refractivity contribution in [3.63, 3.8) is 0 Å². The Balaban J connectivity index is 1.56. The number of thiocarbonyl (C=S) groups is 1. The number of halogens is 1. The maximum Gasteiger partial charge on any atom is 0.336 e. The van der Waals surface area contributed by atoms with Gasteiger partial charge in [0.2, 0.25) is 5.91 Å². The van der Waals surface area contributed by atoms with Crippen LogP contribution in [0, 0.1) is 0 Å². The van der Waals surface area contributed by atoms with E-state index in [2.05, 4.69) is 15.6 Å². The molecule has 0 radical (unpaired) electrons. The van der Waals surface area contributed by atoms with Crippen molar-refractivity contribution in [3.05, 3.63) is 101 Å². The summed E-state index contributed by atoms with van der Waals surface area (Å²) in [4.78, 5) is 30.2. The number of hydrogen-bond donors (Lipinski definition) is 3. The minimum atomic E-state index is -1.05. The third-order valence-corrected chi connectivity index (χ3v) is 6.85. The predicted octanol–water partition coefficient (Wildman–Crippen LogP) is 5.46. The second-order valence-electron chi connectivity index (χ2n) is 8.69. The molecular weight excluding hydrogens is 540 g/mol. The zero-order valence-corrected chi connectivity index (χ0v) is 22.2. The van der Waals surface area contributed by atoms with Crippen molar-refractivity contribution in [2.45, 2.75) is 12.1 Å². The number of furan rings is 1. The van der Waals surface area contributed by atoms with E-state index in [0.29, 0.717) is 38.6 Å². The Kier molecular flexibility index (Phi) is 7.60. The molecular formula is C28H23ClN4O5S. The molecule has 0 saturated carbocycles. The first-order valence-corrected chi connectivity index (χ1v) is 12.7. The number of methoxy groups -OCH3 is 1. The van der Waals surface area contributed by atoms with Gasteiger partial charge in [0.05, 0.1) is 28.0 Å². The molecule has 1 aliphatic heterocycles. The molecule has 198 valence electrons. The van der Waals surface area contributed by atoms with Crippen molar-refractivity contribution < 1.29 is 23.8 Å². The number of ether oxygens (including phenoxy) is 1. The average molecular weight is 563 g/mol. The number of hydrogen-bond acceptors (Lipinski definition) is 6. The third-order valence-electron chi connectivity index (χ3n) is 6.22. The fraction of sp³-hybridized carbons (Fsp3) is 0.143. The highest BCUT2D eigenvalue weighted by atomic mass is 35.5. The Morgan fingerprint density at radius 1 is 1.15 bits per heavy atom. The summed E-state index contributed by atoms with van der Waals surface area (Å²) in [7, 11) is 1.43. The first-order valence-electron chi connectivity index (χ1n) is 11.9. The first kappa shape index (κ1) is 26.4. The Morgan fingerprint density at radius 3 is 2.67 bits per heavy atom. The minimum absolute atomic E-state index is 0.0993.